The van der Waals surface area contributed by atoms with Gasteiger partial charge in [0.25, 0.3) is 0 Å². The Labute approximate surface area is 202 Å². The van der Waals surface area contributed by atoms with Crippen LogP contribution in [0.1, 0.15) is 22.3 Å². The summed E-state index contributed by atoms with van der Waals surface area (Å²) in [6.07, 6.45) is 0. The molecule has 2 aromatic carbocycles. The number of nitrogens with zero attached hydrogens (tertiary/aromatic N) is 3. The molecule has 0 atom stereocenters. The van der Waals surface area contributed by atoms with E-state index in [1.807, 2.05) is 56.9 Å². The van der Waals surface area contributed by atoms with Crippen LogP contribution in [0.4, 0.5) is 5.69 Å². The quantitative estimate of drug-likeness (QED) is 0.649. The van der Waals surface area contributed by atoms with Gasteiger partial charge in [-0.2, -0.15) is 4.31 Å². The maximum atomic E-state index is 13.0. The van der Waals surface area contributed by atoms with Gasteiger partial charge in [0, 0.05) is 38.9 Å². The third kappa shape index (κ3) is 6.02. The van der Waals surface area contributed by atoms with Crippen molar-refractivity contribution in [1.29, 1.82) is 0 Å². The molecule has 3 rings (SSSR count). The Morgan fingerprint density at radius 2 is 1.53 bits per heavy atom. The first kappa shape index (κ1) is 25.9. The summed E-state index contributed by atoms with van der Waals surface area (Å²) in [5.74, 6) is -0.431. The molecule has 8 nitrogen and oxygen atoms in total. The molecule has 0 unspecified atom stereocenters. The van der Waals surface area contributed by atoms with Crippen LogP contribution in [0.25, 0.3) is 0 Å². The Bertz CT molecular complexity index is 1150. The molecule has 1 N–H and O–H groups in total. The van der Waals surface area contributed by atoms with Gasteiger partial charge in [0.1, 0.15) is 0 Å². The first-order chi connectivity index (χ1) is 16.0. The highest BCUT2D eigenvalue weighted by atomic mass is 32.2. The summed E-state index contributed by atoms with van der Waals surface area (Å²) in [6, 6.07) is 11.0. The van der Waals surface area contributed by atoms with Crippen molar-refractivity contribution in [3.05, 3.63) is 58.7 Å². The summed E-state index contributed by atoms with van der Waals surface area (Å²) < 4.78 is 27.5. The third-order valence-corrected chi connectivity index (χ3v) is 8.25. The Balaban J connectivity index is 1.51. The van der Waals surface area contributed by atoms with E-state index in [1.165, 1.54) is 9.21 Å². The fourth-order valence-corrected chi connectivity index (χ4v) is 5.47. The van der Waals surface area contributed by atoms with Crippen LogP contribution < -0.4 is 5.32 Å². The molecule has 0 bridgehead atoms. The molecule has 1 heterocycles. The first-order valence-corrected chi connectivity index (χ1v) is 12.8. The Morgan fingerprint density at radius 3 is 2.12 bits per heavy atom. The lowest BCUT2D eigenvalue weighted by atomic mass is 10.1. The van der Waals surface area contributed by atoms with E-state index in [1.54, 1.807) is 19.2 Å². The number of hydrogen-bond acceptors (Lipinski definition) is 5. The molecule has 2 amide bonds. The molecule has 184 valence electrons. The van der Waals surface area contributed by atoms with Crippen LogP contribution >= 0.6 is 0 Å². The van der Waals surface area contributed by atoms with Crippen molar-refractivity contribution in [3.8, 4) is 0 Å². The number of nitrogens with one attached hydrogen (secondary N) is 1. The second-order valence-electron chi connectivity index (χ2n) is 8.99. The standard InChI is InChI=1S/C25H34N4O4S/c1-18-9-10-22(15-21(18)4)34(32,33)29-13-11-28(12-14-29)17-24(31)27(5)16-23(30)26-25-19(2)7-6-8-20(25)3/h6-10,15H,11-14,16-17H2,1-5H3,(H,26,30). The molecule has 0 spiro atoms. The van der Waals surface area contributed by atoms with Crippen LogP contribution in [0.3, 0.4) is 0 Å². The SMILES string of the molecule is Cc1ccc(S(=O)(=O)N2CCN(CC(=O)N(C)CC(=O)Nc3c(C)cccc3C)CC2)cc1C. The summed E-state index contributed by atoms with van der Waals surface area (Å²) in [7, 11) is -1.96. The van der Waals surface area contributed by atoms with Gasteiger partial charge in [0.2, 0.25) is 21.8 Å². The molecule has 1 saturated heterocycles. The minimum absolute atomic E-state index is 0.0479. The third-order valence-electron chi connectivity index (χ3n) is 6.36. The maximum absolute atomic E-state index is 13.0. The van der Waals surface area contributed by atoms with Crippen molar-refractivity contribution >= 4 is 27.5 Å². The summed E-state index contributed by atoms with van der Waals surface area (Å²) in [5, 5.41) is 2.89. The lowest BCUT2D eigenvalue weighted by molar-refractivity contribution is -0.134. The molecular formula is C25H34N4O4S. The van der Waals surface area contributed by atoms with E-state index in [9.17, 15) is 18.0 Å². The van der Waals surface area contributed by atoms with Crippen LogP contribution in [0, 0.1) is 27.7 Å². The maximum Gasteiger partial charge on any atom is 0.243 e. The number of piperazine rings is 1. The molecule has 9 heteroatoms. The average molecular weight is 487 g/mol. The van der Waals surface area contributed by atoms with E-state index in [4.69, 9.17) is 0 Å². The van der Waals surface area contributed by atoms with E-state index >= 15 is 0 Å². The fraction of sp³-hybridized carbons (Fsp3) is 0.440. The number of sulfonamides is 1. The zero-order valence-corrected chi connectivity index (χ0v) is 21.4. The van der Waals surface area contributed by atoms with Gasteiger partial charge in [-0.3, -0.25) is 14.5 Å². The molecule has 1 aliphatic rings. The molecule has 0 aromatic heterocycles. The van der Waals surface area contributed by atoms with Crippen molar-refractivity contribution in [2.45, 2.75) is 32.6 Å². The molecule has 1 aliphatic heterocycles. The summed E-state index contributed by atoms with van der Waals surface area (Å²) in [4.78, 5) is 28.8. The first-order valence-electron chi connectivity index (χ1n) is 11.4. The van der Waals surface area contributed by atoms with E-state index in [0.717, 1.165) is 27.9 Å². The summed E-state index contributed by atoms with van der Waals surface area (Å²) in [5.41, 5.74) is 4.70. The Hall–Kier alpha value is -2.75. The highest BCUT2D eigenvalue weighted by Gasteiger charge is 2.29. The van der Waals surface area contributed by atoms with Gasteiger partial charge >= 0.3 is 0 Å². The van der Waals surface area contributed by atoms with Gasteiger partial charge in [-0.05, 0) is 62.1 Å². The number of anilines is 1. The average Bonchev–Trinajstić information content (AvgIpc) is 2.78. The Kier molecular flexibility index (Phi) is 8.12. The van der Waals surface area contributed by atoms with Crippen LogP contribution in [-0.4, -0.2) is 80.7 Å². The van der Waals surface area contributed by atoms with Crippen LogP contribution in [0.15, 0.2) is 41.3 Å². The summed E-state index contributed by atoms with van der Waals surface area (Å²) in [6.45, 7) is 9.35. The highest BCUT2D eigenvalue weighted by Crippen LogP contribution is 2.21. The second kappa shape index (κ2) is 10.7. The van der Waals surface area contributed by atoms with E-state index in [-0.39, 0.29) is 24.9 Å². The van der Waals surface area contributed by atoms with Gasteiger partial charge in [0.05, 0.1) is 18.0 Å². The predicted molar refractivity (Wildman–Crippen MR) is 133 cm³/mol. The number of amides is 2. The van der Waals surface area contributed by atoms with Crippen molar-refractivity contribution in [1.82, 2.24) is 14.1 Å². The molecule has 1 fully saturated rings. The predicted octanol–water partition coefficient (Wildman–Crippen LogP) is 2.32. The van der Waals surface area contributed by atoms with Gasteiger partial charge < -0.3 is 10.2 Å². The minimum atomic E-state index is -3.56. The fourth-order valence-electron chi connectivity index (χ4n) is 3.96. The van der Waals surface area contributed by atoms with Crippen LogP contribution in [0.5, 0.6) is 0 Å². The van der Waals surface area contributed by atoms with Gasteiger partial charge in [-0.25, -0.2) is 8.42 Å². The summed E-state index contributed by atoms with van der Waals surface area (Å²) >= 11 is 0. The van der Waals surface area contributed by atoms with Crippen molar-refractivity contribution in [2.24, 2.45) is 0 Å². The Morgan fingerprint density at radius 1 is 0.912 bits per heavy atom. The van der Waals surface area contributed by atoms with Gasteiger partial charge in [0.15, 0.2) is 0 Å². The molecule has 0 radical (unpaired) electrons. The zero-order chi connectivity index (χ0) is 25.0. The van der Waals surface area contributed by atoms with Crippen molar-refractivity contribution < 1.29 is 18.0 Å². The lowest BCUT2D eigenvalue weighted by Gasteiger charge is -2.34. The number of carbonyl (C=O) groups is 2. The van der Waals surface area contributed by atoms with Crippen molar-refractivity contribution in [3.63, 3.8) is 0 Å². The number of likely N-dealkylation sites (N-methyl/N-ethyl adjacent to an activating group) is 1. The number of rotatable bonds is 7. The normalized spacial score (nSPS) is 15.2. The molecule has 2 aromatic rings. The van der Waals surface area contributed by atoms with Gasteiger partial charge in [-0.1, -0.05) is 24.3 Å². The van der Waals surface area contributed by atoms with Gasteiger partial charge in [-0.15, -0.1) is 0 Å². The number of hydrogen-bond donors (Lipinski definition) is 1. The molecule has 34 heavy (non-hydrogen) atoms. The smallest absolute Gasteiger partial charge is 0.243 e. The largest absolute Gasteiger partial charge is 0.335 e. The molecule has 0 saturated carbocycles. The molecule has 0 aliphatic carbocycles. The number of benzene rings is 2. The number of carbonyl (C=O) groups excluding carboxylic acids is 2. The zero-order valence-electron chi connectivity index (χ0n) is 20.6. The van der Waals surface area contributed by atoms with E-state index in [0.29, 0.717) is 31.1 Å². The molecular weight excluding hydrogens is 452 g/mol. The van der Waals surface area contributed by atoms with Crippen molar-refractivity contribution in [2.75, 3.05) is 51.6 Å². The number of para-hydroxylation sites is 1. The number of aryl methyl sites for hydroxylation is 4. The highest BCUT2D eigenvalue weighted by molar-refractivity contribution is 7.89. The van der Waals surface area contributed by atoms with E-state index < -0.39 is 10.0 Å². The minimum Gasteiger partial charge on any atom is -0.335 e. The topological polar surface area (TPSA) is 90.0 Å². The van der Waals surface area contributed by atoms with Crippen LogP contribution in [-0.2, 0) is 19.6 Å². The lowest BCUT2D eigenvalue weighted by Crippen LogP contribution is -2.51. The van der Waals surface area contributed by atoms with E-state index in [2.05, 4.69) is 5.32 Å². The monoisotopic (exact) mass is 486 g/mol. The van der Waals surface area contributed by atoms with Crippen LogP contribution in [0.2, 0.25) is 0 Å². The second-order valence-corrected chi connectivity index (χ2v) is 10.9.